The molecule has 1 aliphatic rings. The van der Waals surface area contributed by atoms with Crippen LogP contribution in [0.1, 0.15) is 16.1 Å². The van der Waals surface area contributed by atoms with Gasteiger partial charge in [0.25, 0.3) is 0 Å². The molecule has 1 aromatic heterocycles. The van der Waals surface area contributed by atoms with E-state index in [1.807, 2.05) is 0 Å². The van der Waals surface area contributed by atoms with Gasteiger partial charge in [-0.2, -0.15) is 0 Å². The summed E-state index contributed by atoms with van der Waals surface area (Å²) in [5.41, 5.74) is 0.140. The van der Waals surface area contributed by atoms with E-state index in [0.29, 0.717) is 0 Å². The van der Waals surface area contributed by atoms with Gasteiger partial charge in [-0.15, -0.1) is 0 Å². The van der Waals surface area contributed by atoms with Crippen LogP contribution in [0.4, 0.5) is 0 Å². The van der Waals surface area contributed by atoms with Crippen molar-refractivity contribution in [3.8, 4) is 5.75 Å². The quantitative estimate of drug-likeness (QED) is 0.671. The molecule has 1 aromatic carbocycles. The first-order chi connectivity index (χ1) is 7.66. The van der Waals surface area contributed by atoms with Crippen LogP contribution in [0.2, 0.25) is 0 Å². The Balaban J connectivity index is 2.48. The maximum atomic E-state index is 11.9. The molecule has 16 heavy (non-hydrogen) atoms. The van der Waals surface area contributed by atoms with Crippen molar-refractivity contribution in [2.45, 2.75) is 6.61 Å². The zero-order chi connectivity index (χ0) is 11.3. The van der Waals surface area contributed by atoms with Crippen LogP contribution >= 0.6 is 0 Å². The minimum absolute atomic E-state index is 0.0232. The van der Waals surface area contributed by atoms with E-state index >= 15 is 0 Å². The van der Waals surface area contributed by atoms with Crippen LogP contribution in [-0.2, 0) is 11.3 Å². The fourth-order valence-corrected chi connectivity index (χ4v) is 1.72. The van der Waals surface area contributed by atoms with Crippen molar-refractivity contribution < 1.29 is 19.1 Å². The van der Waals surface area contributed by atoms with Crippen LogP contribution in [0.25, 0.3) is 11.0 Å². The van der Waals surface area contributed by atoms with Gasteiger partial charge in [0.05, 0.1) is 10.9 Å². The van der Waals surface area contributed by atoms with E-state index in [1.165, 1.54) is 18.2 Å². The molecule has 1 N–H and O–H groups in total. The van der Waals surface area contributed by atoms with E-state index in [1.54, 1.807) is 0 Å². The van der Waals surface area contributed by atoms with Gasteiger partial charge in [0, 0.05) is 0 Å². The number of benzene rings is 1. The Labute approximate surface area is 88.9 Å². The number of aromatic hydroxyl groups is 1. The number of hydrogen-bond acceptors (Lipinski definition) is 5. The van der Waals surface area contributed by atoms with Gasteiger partial charge in [-0.1, -0.05) is 0 Å². The summed E-state index contributed by atoms with van der Waals surface area (Å²) in [4.78, 5) is 23.1. The molecule has 1 aliphatic heterocycles. The summed E-state index contributed by atoms with van der Waals surface area (Å²) in [5.74, 6) is -0.685. The molecular formula is C11H6O5. The van der Waals surface area contributed by atoms with Crippen molar-refractivity contribution >= 4 is 16.9 Å². The van der Waals surface area contributed by atoms with Crippen molar-refractivity contribution in [1.29, 1.82) is 0 Å². The molecule has 5 nitrogen and oxygen atoms in total. The third kappa shape index (κ3) is 1.05. The Morgan fingerprint density at radius 3 is 2.88 bits per heavy atom. The predicted molar refractivity (Wildman–Crippen MR) is 53.3 cm³/mol. The second-order valence-corrected chi connectivity index (χ2v) is 3.50. The third-order valence-electron chi connectivity index (χ3n) is 2.50. The number of rotatable bonds is 0. The molecule has 0 unspecified atom stereocenters. The summed E-state index contributed by atoms with van der Waals surface area (Å²) in [6, 6.07) is 4.14. The molecule has 0 saturated heterocycles. The number of carbonyl (C=O) groups excluding carboxylic acids is 1. The van der Waals surface area contributed by atoms with Gasteiger partial charge in [-0.3, -0.25) is 4.79 Å². The highest BCUT2D eigenvalue weighted by Crippen LogP contribution is 2.24. The van der Waals surface area contributed by atoms with E-state index in [-0.39, 0.29) is 40.1 Å². The minimum Gasteiger partial charge on any atom is -0.508 e. The Hall–Kier alpha value is -2.30. The summed E-state index contributed by atoms with van der Waals surface area (Å²) >= 11 is 0. The number of carbonyl (C=O) groups is 1. The van der Waals surface area contributed by atoms with Gasteiger partial charge in [-0.25, -0.2) is 4.79 Å². The van der Waals surface area contributed by atoms with Gasteiger partial charge in [0.1, 0.15) is 17.9 Å². The maximum Gasteiger partial charge on any atom is 0.375 e. The number of ether oxygens (including phenoxy) is 1. The highest BCUT2D eigenvalue weighted by Gasteiger charge is 2.28. The number of fused-ring (bicyclic) bond motifs is 2. The average Bonchev–Trinajstić information content (AvgIpc) is 2.63. The minimum atomic E-state index is -0.623. The summed E-state index contributed by atoms with van der Waals surface area (Å²) in [7, 11) is 0. The molecule has 0 atom stereocenters. The van der Waals surface area contributed by atoms with Crippen LogP contribution in [0.15, 0.2) is 27.4 Å². The zero-order valence-electron chi connectivity index (χ0n) is 8.02. The molecule has 80 valence electrons. The van der Waals surface area contributed by atoms with Crippen LogP contribution in [0.3, 0.4) is 0 Å². The van der Waals surface area contributed by atoms with Crippen LogP contribution in [0.5, 0.6) is 5.75 Å². The van der Waals surface area contributed by atoms with Crippen molar-refractivity contribution in [3.05, 3.63) is 39.7 Å². The van der Waals surface area contributed by atoms with Crippen LogP contribution < -0.4 is 5.43 Å². The molecule has 0 radical (unpaired) electrons. The lowest BCUT2D eigenvalue weighted by molar-refractivity contribution is 0.0512. The standard InChI is InChI=1S/C11H6O5/c12-5-1-2-8-6(3-5)9(13)7-4-15-11(14)10(7)16-8/h1-3,12H,4H2. The van der Waals surface area contributed by atoms with Crippen LogP contribution in [-0.4, -0.2) is 11.1 Å². The first-order valence-electron chi connectivity index (χ1n) is 4.62. The van der Waals surface area contributed by atoms with Crippen molar-refractivity contribution in [2.75, 3.05) is 0 Å². The van der Waals surface area contributed by atoms with Crippen molar-refractivity contribution in [1.82, 2.24) is 0 Å². The number of phenolic OH excluding ortho intramolecular Hbond substituents is 1. The fourth-order valence-electron chi connectivity index (χ4n) is 1.72. The SMILES string of the molecule is O=C1OCc2c1oc1ccc(O)cc1c2=O. The highest BCUT2D eigenvalue weighted by atomic mass is 16.6. The summed E-state index contributed by atoms with van der Waals surface area (Å²) in [5, 5.41) is 9.52. The summed E-state index contributed by atoms with van der Waals surface area (Å²) in [6.07, 6.45) is 0. The molecule has 0 saturated carbocycles. The Morgan fingerprint density at radius 2 is 2.06 bits per heavy atom. The molecule has 2 heterocycles. The average molecular weight is 218 g/mol. The molecule has 0 aliphatic carbocycles. The summed E-state index contributed by atoms with van der Waals surface area (Å²) in [6.45, 7) is -0.0674. The van der Waals surface area contributed by atoms with Gasteiger partial charge < -0.3 is 14.3 Å². The van der Waals surface area contributed by atoms with Crippen molar-refractivity contribution in [2.24, 2.45) is 0 Å². The van der Waals surface area contributed by atoms with Gasteiger partial charge >= 0.3 is 5.97 Å². The smallest absolute Gasteiger partial charge is 0.375 e. The Kier molecular flexibility index (Phi) is 1.60. The molecule has 3 rings (SSSR count). The lowest BCUT2D eigenvalue weighted by Crippen LogP contribution is -2.09. The molecule has 2 aromatic rings. The molecule has 0 bridgehead atoms. The molecule has 0 fully saturated rings. The first kappa shape index (κ1) is 8.96. The number of hydrogen-bond donors (Lipinski definition) is 1. The third-order valence-corrected chi connectivity index (χ3v) is 2.50. The normalized spacial score (nSPS) is 13.9. The van der Waals surface area contributed by atoms with E-state index in [9.17, 15) is 14.7 Å². The fraction of sp³-hybridized carbons (Fsp3) is 0.0909. The monoisotopic (exact) mass is 218 g/mol. The zero-order valence-corrected chi connectivity index (χ0v) is 8.02. The molecular weight excluding hydrogens is 212 g/mol. The number of cyclic esters (lactones) is 1. The lowest BCUT2D eigenvalue weighted by Gasteiger charge is -1.99. The van der Waals surface area contributed by atoms with Gasteiger partial charge in [-0.05, 0) is 18.2 Å². The van der Waals surface area contributed by atoms with Crippen molar-refractivity contribution in [3.63, 3.8) is 0 Å². The first-order valence-corrected chi connectivity index (χ1v) is 4.62. The maximum absolute atomic E-state index is 11.9. The molecule has 0 spiro atoms. The second kappa shape index (κ2) is 2.85. The van der Waals surface area contributed by atoms with E-state index < -0.39 is 5.97 Å². The van der Waals surface area contributed by atoms with E-state index in [2.05, 4.69) is 0 Å². The predicted octanol–water partition coefficient (Wildman–Crippen LogP) is 1.17. The van der Waals surface area contributed by atoms with E-state index in [4.69, 9.17) is 9.15 Å². The summed E-state index contributed by atoms with van der Waals surface area (Å²) < 4.78 is 9.98. The lowest BCUT2D eigenvalue weighted by atomic mass is 10.1. The Bertz CT molecular complexity index is 668. The van der Waals surface area contributed by atoms with E-state index in [0.717, 1.165) is 0 Å². The number of esters is 1. The van der Waals surface area contributed by atoms with Gasteiger partial charge in [0.15, 0.2) is 5.43 Å². The largest absolute Gasteiger partial charge is 0.508 e. The topological polar surface area (TPSA) is 76.7 Å². The second-order valence-electron chi connectivity index (χ2n) is 3.50. The highest BCUT2D eigenvalue weighted by molar-refractivity contribution is 5.93. The van der Waals surface area contributed by atoms with Gasteiger partial charge in [0.2, 0.25) is 5.76 Å². The van der Waals surface area contributed by atoms with Crippen LogP contribution in [0, 0.1) is 0 Å². The molecule has 5 heteroatoms. The number of phenols is 1. The Morgan fingerprint density at radius 1 is 1.25 bits per heavy atom. The molecule has 0 amide bonds.